The number of piperazine rings is 1. The summed E-state index contributed by atoms with van der Waals surface area (Å²) >= 11 is 0. The minimum absolute atomic E-state index is 0.309. The highest BCUT2D eigenvalue weighted by atomic mass is 15.2. The van der Waals surface area contributed by atoms with E-state index in [2.05, 4.69) is 61.4 Å². The lowest BCUT2D eigenvalue weighted by Crippen LogP contribution is -2.61. The number of hydrogen-bond donors (Lipinski definition) is 1. The molecule has 0 aliphatic carbocycles. The summed E-state index contributed by atoms with van der Waals surface area (Å²) in [5.74, 6) is 1.86. The Morgan fingerprint density at radius 3 is 2.62 bits per heavy atom. The molecule has 1 aliphatic rings. The summed E-state index contributed by atoms with van der Waals surface area (Å²) in [6, 6.07) is 1.19. The molecule has 0 bridgehead atoms. The van der Waals surface area contributed by atoms with Crippen LogP contribution in [0.5, 0.6) is 0 Å². The molecule has 1 aliphatic heterocycles. The fourth-order valence-corrected chi connectivity index (χ4v) is 3.20. The van der Waals surface area contributed by atoms with Crippen LogP contribution < -0.4 is 5.32 Å². The normalized spacial score (nSPS) is 24.7. The molecular weight excluding hydrogens is 260 g/mol. The van der Waals surface area contributed by atoms with Crippen molar-refractivity contribution >= 4 is 0 Å². The second-order valence-corrected chi connectivity index (χ2v) is 7.84. The highest BCUT2D eigenvalue weighted by molar-refractivity contribution is 4.96. The Balaban J connectivity index is 2.02. The fraction of sp³-hybridized carbons (Fsp3) is 0.824. The number of hydrogen-bond acceptors (Lipinski definition) is 3. The number of nitrogens with zero attached hydrogens (tertiary/aromatic N) is 3. The first-order valence-electron chi connectivity index (χ1n) is 8.22. The summed E-state index contributed by atoms with van der Waals surface area (Å²) in [5, 5.41) is 3.76. The van der Waals surface area contributed by atoms with Gasteiger partial charge in [-0.15, -0.1) is 0 Å². The molecule has 4 heteroatoms. The van der Waals surface area contributed by atoms with E-state index >= 15 is 0 Å². The second kappa shape index (κ2) is 6.49. The summed E-state index contributed by atoms with van der Waals surface area (Å²) in [5.41, 5.74) is 0.309. The minimum Gasteiger partial charge on any atom is -0.338 e. The predicted octanol–water partition coefficient (Wildman–Crippen LogP) is 2.31. The molecule has 1 saturated heterocycles. The third kappa shape index (κ3) is 4.07. The topological polar surface area (TPSA) is 33.1 Å². The Bertz CT molecular complexity index is 444. The third-order valence-corrected chi connectivity index (χ3v) is 4.82. The molecule has 0 aromatic carbocycles. The molecule has 1 N–H and O–H groups in total. The van der Waals surface area contributed by atoms with Crippen molar-refractivity contribution in [3.63, 3.8) is 0 Å². The van der Waals surface area contributed by atoms with Crippen LogP contribution in [0.3, 0.4) is 0 Å². The van der Waals surface area contributed by atoms with Gasteiger partial charge in [-0.05, 0) is 11.3 Å². The maximum absolute atomic E-state index is 4.46. The van der Waals surface area contributed by atoms with E-state index in [0.717, 1.165) is 26.1 Å². The van der Waals surface area contributed by atoms with Crippen molar-refractivity contribution < 1.29 is 0 Å². The Morgan fingerprint density at radius 2 is 2.10 bits per heavy atom. The molecule has 0 amide bonds. The molecule has 4 nitrogen and oxygen atoms in total. The van der Waals surface area contributed by atoms with Gasteiger partial charge in [0, 0.05) is 57.6 Å². The number of imidazole rings is 1. The Labute approximate surface area is 129 Å². The first kappa shape index (κ1) is 16.5. The monoisotopic (exact) mass is 292 g/mol. The summed E-state index contributed by atoms with van der Waals surface area (Å²) in [4.78, 5) is 7.13. The van der Waals surface area contributed by atoms with E-state index in [-0.39, 0.29) is 0 Å². The van der Waals surface area contributed by atoms with E-state index in [1.165, 1.54) is 5.82 Å². The quantitative estimate of drug-likeness (QED) is 0.924. The Morgan fingerprint density at radius 1 is 1.38 bits per heavy atom. The van der Waals surface area contributed by atoms with Crippen LogP contribution in [0.4, 0.5) is 0 Å². The van der Waals surface area contributed by atoms with Gasteiger partial charge in [0.15, 0.2) is 0 Å². The summed E-state index contributed by atoms with van der Waals surface area (Å²) < 4.78 is 2.13. The van der Waals surface area contributed by atoms with E-state index in [9.17, 15) is 0 Å². The molecule has 21 heavy (non-hydrogen) atoms. The maximum Gasteiger partial charge on any atom is 0.109 e. The van der Waals surface area contributed by atoms with Crippen molar-refractivity contribution in [1.82, 2.24) is 19.8 Å². The maximum atomic E-state index is 4.46. The van der Waals surface area contributed by atoms with Gasteiger partial charge >= 0.3 is 0 Å². The highest BCUT2D eigenvalue weighted by Crippen LogP contribution is 2.25. The van der Waals surface area contributed by atoms with E-state index < -0.39 is 0 Å². The zero-order valence-electron chi connectivity index (χ0n) is 14.6. The lowest BCUT2D eigenvalue weighted by Gasteiger charge is -2.46. The predicted molar refractivity (Wildman–Crippen MR) is 88.4 cm³/mol. The molecule has 0 saturated carbocycles. The number of aromatic nitrogens is 2. The Kier molecular flexibility index (Phi) is 5.10. The van der Waals surface area contributed by atoms with Gasteiger partial charge in [-0.25, -0.2) is 4.98 Å². The van der Waals surface area contributed by atoms with Gasteiger partial charge in [-0.1, -0.05) is 34.6 Å². The SMILES string of the molecule is CC(C)C1CNC(C(C)(C)C)CN1CCc1nccn1C. The second-order valence-electron chi connectivity index (χ2n) is 7.84. The largest absolute Gasteiger partial charge is 0.338 e. The summed E-state index contributed by atoms with van der Waals surface area (Å²) in [6.45, 7) is 15.0. The van der Waals surface area contributed by atoms with E-state index in [4.69, 9.17) is 0 Å². The van der Waals surface area contributed by atoms with Crippen molar-refractivity contribution in [1.29, 1.82) is 0 Å². The highest BCUT2D eigenvalue weighted by Gasteiger charge is 2.34. The van der Waals surface area contributed by atoms with Gasteiger partial charge in [0.25, 0.3) is 0 Å². The minimum atomic E-state index is 0.309. The molecule has 2 unspecified atom stereocenters. The van der Waals surface area contributed by atoms with E-state index in [1.807, 2.05) is 12.4 Å². The smallest absolute Gasteiger partial charge is 0.109 e. The standard InChI is InChI=1S/C17H32N4/c1-13(2)14-11-19-15(17(3,4)5)12-21(14)9-7-16-18-8-10-20(16)6/h8,10,13-15,19H,7,9,11-12H2,1-6H3. The molecule has 1 aromatic rings. The van der Waals surface area contributed by atoms with Crippen LogP contribution in [0.1, 0.15) is 40.4 Å². The van der Waals surface area contributed by atoms with Crippen molar-refractivity contribution in [2.45, 2.75) is 53.1 Å². The molecule has 2 heterocycles. The first-order chi connectivity index (χ1) is 9.79. The molecule has 1 aromatic heterocycles. The Hall–Kier alpha value is -0.870. The van der Waals surface area contributed by atoms with E-state index in [1.54, 1.807) is 0 Å². The van der Waals surface area contributed by atoms with Gasteiger partial charge in [-0.3, -0.25) is 4.90 Å². The molecule has 1 fully saturated rings. The van der Waals surface area contributed by atoms with Gasteiger partial charge in [0.2, 0.25) is 0 Å². The molecule has 120 valence electrons. The third-order valence-electron chi connectivity index (χ3n) is 4.82. The molecular formula is C17H32N4. The van der Waals surface area contributed by atoms with E-state index in [0.29, 0.717) is 23.4 Å². The first-order valence-corrected chi connectivity index (χ1v) is 8.22. The van der Waals surface area contributed by atoms with Crippen molar-refractivity contribution in [2.24, 2.45) is 18.4 Å². The molecule has 2 atom stereocenters. The number of aryl methyl sites for hydroxylation is 1. The lowest BCUT2D eigenvalue weighted by molar-refractivity contribution is 0.0637. The number of rotatable bonds is 4. The van der Waals surface area contributed by atoms with Crippen LogP contribution in [-0.2, 0) is 13.5 Å². The lowest BCUT2D eigenvalue weighted by atomic mass is 9.83. The zero-order valence-corrected chi connectivity index (χ0v) is 14.6. The van der Waals surface area contributed by atoms with Gasteiger partial charge < -0.3 is 9.88 Å². The van der Waals surface area contributed by atoms with Crippen molar-refractivity contribution in [3.05, 3.63) is 18.2 Å². The zero-order chi connectivity index (χ0) is 15.6. The van der Waals surface area contributed by atoms with Gasteiger partial charge in [0.05, 0.1) is 0 Å². The van der Waals surface area contributed by atoms with Crippen LogP contribution in [0, 0.1) is 11.3 Å². The number of nitrogens with one attached hydrogen (secondary N) is 1. The van der Waals surface area contributed by atoms with Crippen molar-refractivity contribution in [3.8, 4) is 0 Å². The molecule has 0 spiro atoms. The molecule has 0 radical (unpaired) electrons. The summed E-state index contributed by atoms with van der Waals surface area (Å²) in [7, 11) is 2.08. The van der Waals surface area contributed by atoms with Crippen LogP contribution in [0.15, 0.2) is 12.4 Å². The van der Waals surface area contributed by atoms with Crippen molar-refractivity contribution in [2.75, 3.05) is 19.6 Å². The average molecular weight is 292 g/mol. The summed E-state index contributed by atoms with van der Waals surface area (Å²) in [6.07, 6.45) is 4.96. The van der Waals surface area contributed by atoms with Crippen LogP contribution in [0.2, 0.25) is 0 Å². The fourth-order valence-electron chi connectivity index (χ4n) is 3.20. The van der Waals surface area contributed by atoms with Gasteiger partial charge in [-0.2, -0.15) is 0 Å². The van der Waals surface area contributed by atoms with Crippen LogP contribution in [-0.4, -0.2) is 46.2 Å². The van der Waals surface area contributed by atoms with Gasteiger partial charge in [0.1, 0.15) is 5.82 Å². The molecule has 2 rings (SSSR count). The van der Waals surface area contributed by atoms with Crippen LogP contribution >= 0.6 is 0 Å². The average Bonchev–Trinajstić information content (AvgIpc) is 2.80. The van der Waals surface area contributed by atoms with Crippen LogP contribution in [0.25, 0.3) is 0 Å².